The van der Waals surface area contributed by atoms with Gasteiger partial charge in [-0.1, -0.05) is 12.1 Å². The Hall–Kier alpha value is -3.65. The van der Waals surface area contributed by atoms with Crippen LogP contribution in [-0.2, 0) is 4.79 Å². The number of thiophene rings is 1. The van der Waals surface area contributed by atoms with Gasteiger partial charge in [0.15, 0.2) is 0 Å². The second kappa shape index (κ2) is 9.23. The highest BCUT2D eigenvalue weighted by Gasteiger charge is 2.20. The molecule has 0 saturated carbocycles. The Labute approximate surface area is 189 Å². The summed E-state index contributed by atoms with van der Waals surface area (Å²) >= 11 is 1.40. The molecule has 0 aliphatic heterocycles. The Morgan fingerprint density at radius 3 is 2.47 bits per heavy atom. The topological polar surface area (TPSA) is 82.4 Å². The second-order valence-corrected chi connectivity index (χ2v) is 8.00. The molecule has 2 aromatic heterocycles. The number of carbonyl (C=O) groups is 1. The first-order valence-corrected chi connectivity index (χ1v) is 11.1. The molecule has 0 aliphatic rings. The number of nitrogens with one attached hydrogen (secondary N) is 1. The van der Waals surface area contributed by atoms with E-state index < -0.39 is 6.04 Å². The smallest absolute Gasteiger partial charge is 0.263 e. The third-order valence-electron chi connectivity index (χ3n) is 5.15. The Bertz CT molecular complexity index is 1290. The molecule has 1 amide bonds. The standard InChI is InChI=1S/C24H23N3O4S/c1-4-31-19-11-7-17(8-12-19)26-22(28)15(2)27-14-25-23-21(24(27)29)20(13-32-23)16-5-9-18(30-3)10-6-16/h5-15H,4H2,1-3H3,(H,26,28). The summed E-state index contributed by atoms with van der Waals surface area (Å²) in [5.41, 5.74) is 2.05. The molecule has 8 heteroatoms. The summed E-state index contributed by atoms with van der Waals surface area (Å²) in [5.74, 6) is 1.16. The first-order chi connectivity index (χ1) is 15.5. The molecule has 0 bridgehead atoms. The van der Waals surface area contributed by atoms with Crippen LogP contribution in [0.3, 0.4) is 0 Å². The van der Waals surface area contributed by atoms with Crippen LogP contribution in [0.5, 0.6) is 11.5 Å². The summed E-state index contributed by atoms with van der Waals surface area (Å²) in [6, 6.07) is 13.9. The number of hydrogen-bond donors (Lipinski definition) is 1. The first-order valence-electron chi connectivity index (χ1n) is 10.2. The molecule has 0 radical (unpaired) electrons. The summed E-state index contributed by atoms with van der Waals surface area (Å²) in [7, 11) is 1.61. The van der Waals surface area contributed by atoms with Gasteiger partial charge in [-0.2, -0.15) is 0 Å². The van der Waals surface area contributed by atoms with Crippen molar-refractivity contribution in [2.45, 2.75) is 19.9 Å². The summed E-state index contributed by atoms with van der Waals surface area (Å²) < 4.78 is 12.0. The average Bonchev–Trinajstić information content (AvgIpc) is 3.25. The molecule has 4 rings (SSSR count). The Balaban J connectivity index is 1.62. The molecule has 4 aromatic rings. The number of benzene rings is 2. The van der Waals surface area contributed by atoms with Crippen LogP contribution in [0, 0.1) is 0 Å². The number of hydrogen-bond acceptors (Lipinski definition) is 6. The number of ether oxygens (including phenoxy) is 2. The fourth-order valence-electron chi connectivity index (χ4n) is 3.38. The molecular formula is C24H23N3O4S. The van der Waals surface area contributed by atoms with Crippen LogP contribution >= 0.6 is 11.3 Å². The number of amides is 1. The van der Waals surface area contributed by atoms with Gasteiger partial charge in [0.05, 0.1) is 25.4 Å². The van der Waals surface area contributed by atoms with Gasteiger partial charge in [-0.25, -0.2) is 4.98 Å². The highest BCUT2D eigenvalue weighted by molar-refractivity contribution is 7.17. The van der Waals surface area contributed by atoms with Crippen LogP contribution < -0.4 is 20.3 Å². The molecule has 0 aliphatic carbocycles. The zero-order valence-electron chi connectivity index (χ0n) is 18.0. The fraction of sp³-hybridized carbons (Fsp3) is 0.208. The predicted octanol–water partition coefficient (Wildman–Crippen LogP) is 4.73. The van der Waals surface area contributed by atoms with Crippen molar-refractivity contribution in [3.05, 3.63) is 70.6 Å². The van der Waals surface area contributed by atoms with Gasteiger partial charge in [-0.15, -0.1) is 11.3 Å². The summed E-state index contributed by atoms with van der Waals surface area (Å²) in [6.07, 6.45) is 1.43. The van der Waals surface area contributed by atoms with E-state index in [2.05, 4.69) is 10.3 Å². The van der Waals surface area contributed by atoms with E-state index in [1.807, 2.05) is 36.6 Å². The third-order valence-corrected chi connectivity index (χ3v) is 6.04. The maximum absolute atomic E-state index is 13.3. The second-order valence-electron chi connectivity index (χ2n) is 7.14. The lowest BCUT2D eigenvalue weighted by molar-refractivity contribution is -0.118. The van der Waals surface area contributed by atoms with Crippen LogP contribution in [0.15, 0.2) is 65.0 Å². The minimum Gasteiger partial charge on any atom is -0.497 e. The van der Waals surface area contributed by atoms with Gasteiger partial charge < -0.3 is 14.8 Å². The lowest BCUT2D eigenvalue weighted by atomic mass is 10.1. The Morgan fingerprint density at radius 1 is 1.12 bits per heavy atom. The van der Waals surface area contributed by atoms with Gasteiger partial charge in [-0.05, 0) is 55.8 Å². The van der Waals surface area contributed by atoms with Crippen molar-refractivity contribution in [1.29, 1.82) is 0 Å². The van der Waals surface area contributed by atoms with E-state index in [4.69, 9.17) is 9.47 Å². The number of methoxy groups -OCH3 is 1. The van der Waals surface area contributed by atoms with Crippen molar-refractivity contribution in [2.24, 2.45) is 0 Å². The van der Waals surface area contributed by atoms with Crippen LogP contribution in [-0.4, -0.2) is 29.2 Å². The van der Waals surface area contributed by atoms with E-state index in [9.17, 15) is 9.59 Å². The lowest BCUT2D eigenvalue weighted by Gasteiger charge is -2.15. The lowest BCUT2D eigenvalue weighted by Crippen LogP contribution is -2.31. The molecule has 1 unspecified atom stereocenters. The van der Waals surface area contributed by atoms with Crippen molar-refractivity contribution >= 4 is 33.1 Å². The van der Waals surface area contributed by atoms with Gasteiger partial charge in [0.1, 0.15) is 22.4 Å². The number of carbonyl (C=O) groups excluding carboxylic acids is 1. The molecule has 2 heterocycles. The number of fused-ring (bicyclic) bond motifs is 1. The van der Waals surface area contributed by atoms with Gasteiger partial charge >= 0.3 is 0 Å². The van der Waals surface area contributed by atoms with E-state index in [-0.39, 0.29) is 11.5 Å². The van der Waals surface area contributed by atoms with Gasteiger partial charge in [0.2, 0.25) is 5.91 Å². The largest absolute Gasteiger partial charge is 0.497 e. The maximum atomic E-state index is 13.3. The SMILES string of the molecule is CCOc1ccc(NC(=O)C(C)n2cnc3scc(-c4ccc(OC)cc4)c3c2=O)cc1. The minimum atomic E-state index is -0.741. The fourth-order valence-corrected chi connectivity index (χ4v) is 4.29. The number of anilines is 1. The highest BCUT2D eigenvalue weighted by Crippen LogP contribution is 2.32. The molecule has 164 valence electrons. The van der Waals surface area contributed by atoms with Crippen LogP contribution in [0.2, 0.25) is 0 Å². The molecule has 0 fully saturated rings. The summed E-state index contributed by atoms with van der Waals surface area (Å²) in [4.78, 5) is 31.2. The van der Waals surface area contributed by atoms with Gasteiger partial charge in [0.25, 0.3) is 5.56 Å². The molecule has 0 saturated heterocycles. The Kier molecular flexibility index (Phi) is 6.23. The number of nitrogens with zero attached hydrogens (tertiary/aromatic N) is 2. The normalized spacial score (nSPS) is 11.8. The first kappa shape index (κ1) is 21.6. The minimum absolute atomic E-state index is 0.253. The van der Waals surface area contributed by atoms with Crippen LogP contribution in [0.25, 0.3) is 21.3 Å². The molecule has 1 N–H and O–H groups in total. The molecular weight excluding hydrogens is 426 g/mol. The molecule has 2 aromatic carbocycles. The van der Waals surface area contributed by atoms with E-state index in [0.717, 1.165) is 22.6 Å². The summed E-state index contributed by atoms with van der Waals surface area (Å²) in [5, 5.41) is 5.26. The van der Waals surface area contributed by atoms with Gasteiger partial charge in [0, 0.05) is 16.6 Å². The molecule has 32 heavy (non-hydrogen) atoms. The van der Waals surface area contributed by atoms with Crippen molar-refractivity contribution < 1.29 is 14.3 Å². The quantitative estimate of drug-likeness (QED) is 0.441. The third kappa shape index (κ3) is 4.22. The molecule has 7 nitrogen and oxygen atoms in total. The van der Waals surface area contributed by atoms with Crippen molar-refractivity contribution in [1.82, 2.24) is 9.55 Å². The van der Waals surface area contributed by atoms with E-state index >= 15 is 0 Å². The van der Waals surface area contributed by atoms with Crippen molar-refractivity contribution in [3.8, 4) is 22.6 Å². The van der Waals surface area contributed by atoms with Crippen LogP contribution in [0.1, 0.15) is 19.9 Å². The number of aromatic nitrogens is 2. The zero-order chi connectivity index (χ0) is 22.7. The van der Waals surface area contributed by atoms with Crippen LogP contribution in [0.4, 0.5) is 5.69 Å². The van der Waals surface area contributed by atoms with Gasteiger partial charge in [-0.3, -0.25) is 14.2 Å². The van der Waals surface area contributed by atoms with E-state index in [1.54, 1.807) is 38.3 Å². The number of rotatable bonds is 7. The van der Waals surface area contributed by atoms with E-state index in [0.29, 0.717) is 22.5 Å². The average molecular weight is 450 g/mol. The van der Waals surface area contributed by atoms with Crippen molar-refractivity contribution in [3.63, 3.8) is 0 Å². The summed E-state index contributed by atoms with van der Waals surface area (Å²) in [6.45, 7) is 4.16. The molecule has 1 atom stereocenters. The Morgan fingerprint density at radius 2 is 1.81 bits per heavy atom. The molecule has 0 spiro atoms. The zero-order valence-corrected chi connectivity index (χ0v) is 18.8. The monoisotopic (exact) mass is 449 g/mol. The van der Waals surface area contributed by atoms with E-state index in [1.165, 1.54) is 22.2 Å². The van der Waals surface area contributed by atoms with Crippen molar-refractivity contribution in [2.75, 3.05) is 19.0 Å². The maximum Gasteiger partial charge on any atom is 0.263 e. The predicted molar refractivity (Wildman–Crippen MR) is 127 cm³/mol. The highest BCUT2D eigenvalue weighted by atomic mass is 32.1.